The first-order valence-corrected chi connectivity index (χ1v) is 13.3. The number of fused-ring (bicyclic) bond motifs is 3. The van der Waals surface area contributed by atoms with Gasteiger partial charge in [0.15, 0.2) is 11.5 Å². The van der Waals surface area contributed by atoms with Crippen LogP contribution in [0.2, 0.25) is 0 Å². The summed E-state index contributed by atoms with van der Waals surface area (Å²) in [5, 5.41) is 7.49. The molecule has 7 nitrogen and oxygen atoms in total. The van der Waals surface area contributed by atoms with Crippen molar-refractivity contribution in [2.75, 3.05) is 19.0 Å². The second-order valence-corrected chi connectivity index (χ2v) is 10.5. The largest absolute Gasteiger partial charge is 0.493 e. The molecule has 3 aromatic carbocycles. The Morgan fingerprint density at radius 2 is 1.76 bits per heavy atom. The Hall–Kier alpha value is -4.14. The van der Waals surface area contributed by atoms with Crippen LogP contribution in [-0.4, -0.2) is 30.4 Å². The average Bonchev–Trinajstić information content (AvgIpc) is 3.32. The van der Waals surface area contributed by atoms with Gasteiger partial charge in [-0.25, -0.2) is 4.79 Å². The van der Waals surface area contributed by atoms with Gasteiger partial charge in [0.05, 0.1) is 18.2 Å². The van der Waals surface area contributed by atoms with Gasteiger partial charge in [-0.1, -0.05) is 54.6 Å². The number of carbonyl (C=O) groups excluding carboxylic acids is 2. The molecule has 2 aliphatic rings. The van der Waals surface area contributed by atoms with Crippen molar-refractivity contribution in [2.45, 2.75) is 25.7 Å². The van der Waals surface area contributed by atoms with E-state index < -0.39 is 12.1 Å². The molecule has 3 heterocycles. The molecule has 4 aromatic rings. The normalized spacial score (nSPS) is 16.6. The van der Waals surface area contributed by atoms with Crippen molar-refractivity contribution in [1.29, 1.82) is 0 Å². The highest BCUT2D eigenvalue weighted by molar-refractivity contribution is 7.16. The van der Waals surface area contributed by atoms with E-state index in [-0.39, 0.29) is 5.91 Å². The van der Waals surface area contributed by atoms with Crippen molar-refractivity contribution in [1.82, 2.24) is 10.2 Å². The summed E-state index contributed by atoms with van der Waals surface area (Å²) >= 11 is 1.66. The number of hydrogen-bond acceptors (Lipinski definition) is 7. The molecule has 0 saturated heterocycles. The molecule has 0 fully saturated rings. The average molecular weight is 526 g/mol. The standard InChI is InChI=1S/C30H27N3O4S/c1-36-24-16-21(12-13-23(24)37-30(35)20-10-6-3-7-11-20)27-31-28(34)26-22-14-15-33(17-19-8-4-2-5-9-19)18-25(22)38-29(26)32-27/h2-13,16,27,32H,14-15,17-18H2,1H3,(H,31,34)/t27-/m0/s1. The third-order valence-corrected chi connectivity index (χ3v) is 8.04. The van der Waals surface area contributed by atoms with E-state index in [1.807, 2.05) is 18.2 Å². The first kappa shape index (κ1) is 24.2. The highest BCUT2D eigenvalue weighted by Crippen LogP contribution is 2.41. The summed E-state index contributed by atoms with van der Waals surface area (Å²) in [6.07, 6.45) is 0.423. The summed E-state index contributed by atoms with van der Waals surface area (Å²) in [4.78, 5) is 29.4. The fraction of sp³-hybridized carbons (Fsp3) is 0.200. The highest BCUT2D eigenvalue weighted by atomic mass is 32.1. The maximum atomic E-state index is 13.2. The summed E-state index contributed by atoms with van der Waals surface area (Å²) in [6, 6.07) is 24.6. The summed E-state index contributed by atoms with van der Waals surface area (Å²) in [7, 11) is 1.53. The number of rotatable bonds is 6. The van der Waals surface area contributed by atoms with Crippen LogP contribution in [0.3, 0.4) is 0 Å². The molecule has 2 aliphatic heterocycles. The van der Waals surface area contributed by atoms with Crippen LogP contribution in [0, 0.1) is 0 Å². The first-order valence-electron chi connectivity index (χ1n) is 12.5. The predicted molar refractivity (Wildman–Crippen MR) is 147 cm³/mol. The van der Waals surface area contributed by atoms with Gasteiger partial charge in [-0.3, -0.25) is 9.69 Å². The van der Waals surface area contributed by atoms with E-state index in [9.17, 15) is 9.59 Å². The number of nitrogens with one attached hydrogen (secondary N) is 2. The van der Waals surface area contributed by atoms with Gasteiger partial charge < -0.3 is 20.1 Å². The maximum Gasteiger partial charge on any atom is 0.343 e. The minimum atomic E-state index is -0.462. The predicted octanol–water partition coefficient (Wildman–Crippen LogP) is 5.39. The molecular formula is C30H27N3O4S. The summed E-state index contributed by atoms with van der Waals surface area (Å²) < 4.78 is 11.1. The summed E-state index contributed by atoms with van der Waals surface area (Å²) in [6.45, 7) is 2.64. The molecule has 0 spiro atoms. The number of amides is 1. The van der Waals surface area contributed by atoms with Crippen molar-refractivity contribution in [2.24, 2.45) is 0 Å². The lowest BCUT2D eigenvalue weighted by atomic mass is 10.00. The Bertz CT molecular complexity index is 1490. The zero-order valence-electron chi connectivity index (χ0n) is 20.9. The molecule has 0 unspecified atom stereocenters. The van der Waals surface area contributed by atoms with Crippen LogP contribution in [0.15, 0.2) is 78.9 Å². The van der Waals surface area contributed by atoms with Crippen molar-refractivity contribution in [3.63, 3.8) is 0 Å². The van der Waals surface area contributed by atoms with Crippen molar-refractivity contribution in [3.8, 4) is 11.5 Å². The van der Waals surface area contributed by atoms with Crippen LogP contribution in [0.5, 0.6) is 11.5 Å². The second-order valence-electron chi connectivity index (χ2n) is 9.37. The highest BCUT2D eigenvalue weighted by Gasteiger charge is 2.33. The zero-order chi connectivity index (χ0) is 26.1. The van der Waals surface area contributed by atoms with E-state index in [0.717, 1.165) is 47.7 Å². The number of anilines is 1. The molecule has 8 heteroatoms. The van der Waals surface area contributed by atoms with Gasteiger partial charge in [-0.2, -0.15) is 0 Å². The number of benzene rings is 3. The molecule has 0 aliphatic carbocycles. The molecule has 2 N–H and O–H groups in total. The van der Waals surface area contributed by atoms with Gasteiger partial charge >= 0.3 is 5.97 Å². The van der Waals surface area contributed by atoms with Crippen LogP contribution < -0.4 is 20.1 Å². The topological polar surface area (TPSA) is 79.9 Å². The SMILES string of the molecule is COc1cc([C@H]2NC(=O)c3c(sc4c3CCN(Cc3ccccc3)C4)N2)ccc1OC(=O)c1ccccc1. The van der Waals surface area contributed by atoms with Gasteiger partial charge in [0.1, 0.15) is 11.2 Å². The number of carbonyl (C=O) groups is 2. The third kappa shape index (κ3) is 4.76. The molecule has 1 aromatic heterocycles. The smallest absolute Gasteiger partial charge is 0.343 e. The zero-order valence-corrected chi connectivity index (χ0v) is 21.7. The van der Waals surface area contributed by atoms with E-state index in [4.69, 9.17) is 9.47 Å². The lowest BCUT2D eigenvalue weighted by molar-refractivity contribution is 0.0729. The monoisotopic (exact) mass is 525 g/mol. The van der Waals surface area contributed by atoms with Gasteiger partial charge in [0, 0.05) is 24.5 Å². The fourth-order valence-electron chi connectivity index (χ4n) is 4.99. The molecule has 38 heavy (non-hydrogen) atoms. The van der Waals surface area contributed by atoms with E-state index in [2.05, 4.69) is 39.8 Å². The lowest BCUT2D eigenvalue weighted by Crippen LogP contribution is -2.38. The van der Waals surface area contributed by atoms with Gasteiger partial charge in [0.25, 0.3) is 5.91 Å². The molecule has 1 amide bonds. The minimum Gasteiger partial charge on any atom is -0.493 e. The Balaban J connectivity index is 1.19. The molecule has 192 valence electrons. The summed E-state index contributed by atoms with van der Waals surface area (Å²) in [5.74, 6) is 0.195. The van der Waals surface area contributed by atoms with Crippen molar-refractivity contribution < 1.29 is 19.1 Å². The van der Waals surface area contributed by atoms with Gasteiger partial charge in [-0.05, 0) is 47.4 Å². The van der Waals surface area contributed by atoms with Crippen LogP contribution in [0.25, 0.3) is 0 Å². The first-order chi connectivity index (χ1) is 18.6. The quantitative estimate of drug-likeness (QED) is 0.260. The second kappa shape index (κ2) is 10.3. The van der Waals surface area contributed by atoms with E-state index in [0.29, 0.717) is 17.1 Å². The van der Waals surface area contributed by atoms with Gasteiger partial charge in [-0.15, -0.1) is 11.3 Å². The molecule has 0 saturated carbocycles. The molecular weight excluding hydrogens is 498 g/mol. The number of ether oxygens (including phenoxy) is 2. The van der Waals surface area contributed by atoms with E-state index in [1.54, 1.807) is 47.7 Å². The van der Waals surface area contributed by atoms with E-state index in [1.165, 1.54) is 17.6 Å². The molecule has 0 radical (unpaired) electrons. The van der Waals surface area contributed by atoms with Crippen LogP contribution >= 0.6 is 11.3 Å². The lowest BCUT2D eigenvalue weighted by Gasteiger charge is -2.29. The number of thiophene rings is 1. The molecule has 6 rings (SSSR count). The fourth-order valence-corrected chi connectivity index (χ4v) is 6.31. The summed E-state index contributed by atoms with van der Waals surface area (Å²) in [5.41, 5.74) is 4.47. The number of hydrogen-bond donors (Lipinski definition) is 2. The Kier molecular flexibility index (Phi) is 6.57. The third-order valence-electron chi connectivity index (χ3n) is 6.90. The number of nitrogens with zero attached hydrogens (tertiary/aromatic N) is 1. The van der Waals surface area contributed by atoms with Crippen LogP contribution in [0.4, 0.5) is 5.00 Å². The van der Waals surface area contributed by atoms with Crippen LogP contribution in [-0.2, 0) is 19.5 Å². The van der Waals surface area contributed by atoms with E-state index >= 15 is 0 Å². The van der Waals surface area contributed by atoms with Crippen molar-refractivity contribution >= 4 is 28.2 Å². The van der Waals surface area contributed by atoms with Gasteiger partial charge in [0.2, 0.25) is 0 Å². The maximum absolute atomic E-state index is 13.2. The Morgan fingerprint density at radius 3 is 2.53 bits per heavy atom. The number of methoxy groups -OCH3 is 1. The minimum absolute atomic E-state index is 0.0729. The number of esters is 1. The Morgan fingerprint density at radius 1 is 1.00 bits per heavy atom. The molecule has 0 bridgehead atoms. The molecule has 1 atom stereocenters. The van der Waals surface area contributed by atoms with Crippen molar-refractivity contribution in [3.05, 3.63) is 112 Å². The Labute approximate surface area is 225 Å². The van der Waals surface area contributed by atoms with Crippen LogP contribution in [0.1, 0.15) is 48.4 Å².